The van der Waals surface area contributed by atoms with Gasteiger partial charge in [-0.2, -0.15) is 12.7 Å². The molecule has 186 valence electrons. The highest BCUT2D eigenvalue weighted by Crippen LogP contribution is 2.25. The first-order valence-corrected chi connectivity index (χ1v) is 14.7. The van der Waals surface area contributed by atoms with E-state index in [4.69, 9.17) is 0 Å². The van der Waals surface area contributed by atoms with E-state index in [2.05, 4.69) is 20.2 Å². The van der Waals surface area contributed by atoms with Crippen LogP contribution in [0.2, 0.25) is 0 Å². The molecule has 4 rings (SSSR count). The number of anilines is 2. The molecule has 1 aromatic heterocycles. The number of sulfonamides is 2. The Kier molecular flexibility index (Phi) is 7.50. The number of carbonyl (C=O) groups excluding carboxylic acids is 1. The summed E-state index contributed by atoms with van der Waals surface area (Å²) in [4.78, 5) is 12.4. The standard InChI is InChI=1S/C22H25N5O5S3/c1-16-6-8-17(9-7-16)20(28)23-21-24-25-22(33-21)34(29,30)26-18-10-12-19(13-11-18)35(31,32)27-14-4-2-3-5-15-27/h6-13,26H,2-5,14-15H2,1H3,(H,23,24,28). The van der Waals surface area contributed by atoms with Crippen molar-refractivity contribution in [3.8, 4) is 0 Å². The van der Waals surface area contributed by atoms with Crippen molar-refractivity contribution < 1.29 is 21.6 Å². The van der Waals surface area contributed by atoms with Crippen LogP contribution in [0, 0.1) is 6.92 Å². The fraction of sp³-hybridized carbons (Fsp3) is 0.318. The summed E-state index contributed by atoms with van der Waals surface area (Å²) in [6.45, 7) is 2.87. The number of rotatable bonds is 7. The molecule has 0 aliphatic carbocycles. The Balaban J connectivity index is 1.43. The van der Waals surface area contributed by atoms with Crippen LogP contribution in [0.1, 0.15) is 41.6 Å². The van der Waals surface area contributed by atoms with Gasteiger partial charge >= 0.3 is 0 Å². The Morgan fingerprint density at radius 2 is 1.51 bits per heavy atom. The van der Waals surface area contributed by atoms with Crippen LogP contribution < -0.4 is 10.0 Å². The molecule has 35 heavy (non-hydrogen) atoms. The van der Waals surface area contributed by atoms with Gasteiger partial charge in [0.05, 0.1) is 4.90 Å². The SMILES string of the molecule is Cc1ccc(C(=O)Nc2nnc(S(=O)(=O)Nc3ccc(S(=O)(=O)N4CCCCCC4)cc3)s2)cc1. The third kappa shape index (κ3) is 6.04. The van der Waals surface area contributed by atoms with Crippen LogP contribution in [-0.2, 0) is 20.0 Å². The summed E-state index contributed by atoms with van der Waals surface area (Å²) in [5.74, 6) is -0.431. The summed E-state index contributed by atoms with van der Waals surface area (Å²) < 4.78 is 54.8. The van der Waals surface area contributed by atoms with Crippen LogP contribution >= 0.6 is 11.3 Å². The Hall–Kier alpha value is -2.87. The summed E-state index contributed by atoms with van der Waals surface area (Å²) in [5, 5.41) is 9.99. The van der Waals surface area contributed by atoms with Crippen molar-refractivity contribution in [3.05, 3.63) is 59.7 Å². The van der Waals surface area contributed by atoms with E-state index in [-0.39, 0.29) is 20.1 Å². The summed E-state index contributed by atoms with van der Waals surface area (Å²) >= 11 is 0.706. The maximum atomic E-state index is 12.9. The van der Waals surface area contributed by atoms with Crippen molar-refractivity contribution >= 4 is 48.1 Å². The van der Waals surface area contributed by atoms with Gasteiger partial charge in [-0.3, -0.25) is 14.8 Å². The highest BCUT2D eigenvalue weighted by molar-refractivity contribution is 7.94. The number of nitrogens with one attached hydrogen (secondary N) is 2. The molecule has 1 aliphatic rings. The number of aryl methyl sites for hydroxylation is 1. The zero-order valence-electron chi connectivity index (χ0n) is 19.0. The van der Waals surface area contributed by atoms with Crippen LogP contribution in [0.4, 0.5) is 10.8 Å². The Morgan fingerprint density at radius 1 is 0.886 bits per heavy atom. The zero-order chi connectivity index (χ0) is 25.1. The highest BCUT2D eigenvalue weighted by Gasteiger charge is 2.26. The van der Waals surface area contributed by atoms with Gasteiger partial charge < -0.3 is 0 Å². The molecule has 0 unspecified atom stereocenters. The summed E-state index contributed by atoms with van der Waals surface area (Å²) in [7, 11) is -7.72. The van der Waals surface area contributed by atoms with Crippen molar-refractivity contribution in [1.29, 1.82) is 0 Å². The lowest BCUT2D eigenvalue weighted by molar-refractivity contribution is 0.102. The second-order valence-corrected chi connectivity index (χ2v) is 12.9. The van der Waals surface area contributed by atoms with Gasteiger partial charge in [0.25, 0.3) is 20.3 Å². The number of hydrogen-bond acceptors (Lipinski definition) is 8. The molecule has 13 heteroatoms. The predicted octanol–water partition coefficient (Wildman–Crippen LogP) is 3.46. The number of hydrogen-bond donors (Lipinski definition) is 2. The second kappa shape index (κ2) is 10.4. The molecule has 0 spiro atoms. The molecule has 2 aromatic carbocycles. The molecule has 1 amide bonds. The molecule has 0 bridgehead atoms. The lowest BCUT2D eigenvalue weighted by Gasteiger charge is -2.20. The predicted molar refractivity (Wildman–Crippen MR) is 134 cm³/mol. The van der Waals surface area contributed by atoms with E-state index in [9.17, 15) is 21.6 Å². The van der Waals surface area contributed by atoms with Crippen LogP contribution in [0.3, 0.4) is 0 Å². The van der Waals surface area contributed by atoms with E-state index in [1.54, 1.807) is 24.3 Å². The molecule has 1 fully saturated rings. The van der Waals surface area contributed by atoms with Crippen molar-refractivity contribution in [2.24, 2.45) is 0 Å². The van der Waals surface area contributed by atoms with Gasteiger partial charge in [0.1, 0.15) is 0 Å². The first-order chi connectivity index (χ1) is 16.6. The van der Waals surface area contributed by atoms with Crippen LogP contribution in [0.15, 0.2) is 57.8 Å². The van der Waals surface area contributed by atoms with E-state index in [1.807, 2.05) is 6.92 Å². The molecule has 10 nitrogen and oxygen atoms in total. The quantitative estimate of drug-likeness (QED) is 0.442. The number of aromatic nitrogens is 2. The van der Waals surface area contributed by atoms with Crippen LogP contribution in [0.5, 0.6) is 0 Å². The van der Waals surface area contributed by atoms with E-state index in [0.29, 0.717) is 30.0 Å². The fourth-order valence-corrected chi connectivity index (χ4v) is 7.04. The Labute approximate surface area is 208 Å². The molecule has 1 saturated heterocycles. The molecule has 0 saturated carbocycles. The largest absolute Gasteiger partial charge is 0.296 e. The van der Waals surface area contributed by atoms with Crippen LogP contribution in [0.25, 0.3) is 0 Å². The highest BCUT2D eigenvalue weighted by atomic mass is 32.2. The number of carbonyl (C=O) groups is 1. The number of benzene rings is 2. The topological polar surface area (TPSA) is 138 Å². The summed E-state index contributed by atoms with van der Waals surface area (Å²) in [5.41, 5.74) is 1.59. The molecule has 0 atom stereocenters. The van der Waals surface area contributed by atoms with E-state index < -0.39 is 26.0 Å². The van der Waals surface area contributed by atoms with Gasteiger partial charge in [-0.15, -0.1) is 10.2 Å². The third-order valence-corrected chi connectivity index (χ3v) is 9.98. The normalized spacial score (nSPS) is 15.3. The van der Waals surface area contributed by atoms with Crippen LogP contribution in [-0.4, -0.2) is 50.3 Å². The Morgan fingerprint density at radius 3 is 2.14 bits per heavy atom. The fourth-order valence-electron chi connectivity index (χ4n) is 3.57. The van der Waals surface area contributed by atoms with E-state index in [1.165, 1.54) is 28.6 Å². The lowest BCUT2D eigenvalue weighted by Crippen LogP contribution is -2.31. The van der Waals surface area contributed by atoms with Gasteiger partial charge in [-0.25, -0.2) is 8.42 Å². The lowest BCUT2D eigenvalue weighted by atomic mass is 10.1. The van der Waals surface area contributed by atoms with Crippen molar-refractivity contribution in [1.82, 2.24) is 14.5 Å². The van der Waals surface area contributed by atoms with Gasteiger partial charge in [0.15, 0.2) is 0 Å². The summed E-state index contributed by atoms with van der Waals surface area (Å²) in [6, 6.07) is 12.4. The summed E-state index contributed by atoms with van der Waals surface area (Å²) in [6.07, 6.45) is 3.67. The molecular weight excluding hydrogens is 510 g/mol. The molecule has 2 heterocycles. The first kappa shape index (κ1) is 25.2. The minimum atomic E-state index is -4.09. The van der Waals surface area contributed by atoms with Crippen molar-refractivity contribution in [2.45, 2.75) is 41.8 Å². The molecule has 3 aromatic rings. The van der Waals surface area contributed by atoms with E-state index >= 15 is 0 Å². The van der Waals surface area contributed by atoms with Gasteiger partial charge in [0.2, 0.25) is 15.2 Å². The molecule has 2 N–H and O–H groups in total. The zero-order valence-corrected chi connectivity index (χ0v) is 21.4. The van der Waals surface area contributed by atoms with Crippen molar-refractivity contribution in [2.75, 3.05) is 23.1 Å². The smallest absolute Gasteiger partial charge is 0.291 e. The maximum Gasteiger partial charge on any atom is 0.291 e. The maximum absolute atomic E-state index is 12.9. The second-order valence-electron chi connectivity index (χ2n) is 8.14. The molecular formula is C22H25N5O5S3. The van der Waals surface area contributed by atoms with Gasteiger partial charge in [0, 0.05) is 24.3 Å². The molecule has 0 radical (unpaired) electrons. The van der Waals surface area contributed by atoms with Gasteiger partial charge in [-0.1, -0.05) is 41.9 Å². The average Bonchev–Trinajstić information content (AvgIpc) is 3.12. The number of nitrogens with zero attached hydrogens (tertiary/aromatic N) is 3. The third-order valence-electron chi connectivity index (χ3n) is 5.48. The Bertz CT molecular complexity index is 1390. The van der Waals surface area contributed by atoms with E-state index in [0.717, 1.165) is 31.2 Å². The number of amides is 1. The van der Waals surface area contributed by atoms with Crippen molar-refractivity contribution in [3.63, 3.8) is 0 Å². The minimum absolute atomic E-state index is 0.0369. The first-order valence-electron chi connectivity index (χ1n) is 11.0. The molecule has 1 aliphatic heterocycles. The minimum Gasteiger partial charge on any atom is -0.296 e. The monoisotopic (exact) mass is 535 g/mol. The van der Waals surface area contributed by atoms with Gasteiger partial charge in [-0.05, 0) is 56.2 Å². The average molecular weight is 536 g/mol.